The monoisotopic (exact) mass is 420 g/mol. The first-order chi connectivity index (χ1) is 15.1. The normalized spacial score (nSPS) is 14.5. The third-order valence-electron chi connectivity index (χ3n) is 6.50. The number of hydrogen-bond acceptors (Lipinski definition) is 3. The van der Waals surface area contributed by atoms with Crippen molar-refractivity contribution < 1.29 is 13.9 Å². The summed E-state index contributed by atoms with van der Waals surface area (Å²) < 4.78 is 13.2. The summed E-state index contributed by atoms with van der Waals surface area (Å²) in [6, 6.07) is 11.9. The summed E-state index contributed by atoms with van der Waals surface area (Å²) >= 11 is 0. The van der Waals surface area contributed by atoms with Crippen molar-refractivity contribution in [2.75, 3.05) is 7.11 Å². The van der Waals surface area contributed by atoms with Crippen LogP contribution in [0.4, 0.5) is 0 Å². The minimum absolute atomic E-state index is 0.0712. The minimum Gasteiger partial charge on any atom is -0.497 e. The Morgan fingerprint density at radius 2 is 1.97 bits per heavy atom. The Bertz CT molecular complexity index is 1030. The average molecular weight is 421 g/mol. The number of rotatable bonds is 7. The number of ether oxygens (including phenoxy) is 1. The number of carbonyl (C=O) groups excluding carboxylic acids is 1. The zero-order valence-corrected chi connectivity index (χ0v) is 18.7. The van der Waals surface area contributed by atoms with Crippen molar-refractivity contribution in [3.8, 4) is 17.0 Å². The molecule has 0 bridgehead atoms. The summed E-state index contributed by atoms with van der Waals surface area (Å²) in [5.41, 5.74) is 5.11. The van der Waals surface area contributed by atoms with E-state index in [0.29, 0.717) is 12.5 Å². The number of furan rings is 1. The SMILES string of the molecule is COc1ccc(C)c(-c2cc(C(=O)NCc3ccco3)c(C)n2CC2CCCCC2)c1. The summed E-state index contributed by atoms with van der Waals surface area (Å²) in [4.78, 5) is 13.1. The molecule has 0 aliphatic heterocycles. The number of aromatic nitrogens is 1. The van der Waals surface area contributed by atoms with Gasteiger partial charge in [-0.15, -0.1) is 0 Å². The molecule has 164 valence electrons. The first-order valence-electron chi connectivity index (χ1n) is 11.2. The van der Waals surface area contributed by atoms with E-state index in [0.717, 1.165) is 40.6 Å². The molecule has 0 atom stereocenters. The van der Waals surface area contributed by atoms with Gasteiger partial charge in [0.05, 0.1) is 25.5 Å². The van der Waals surface area contributed by atoms with Crippen molar-refractivity contribution in [2.45, 2.75) is 59.0 Å². The van der Waals surface area contributed by atoms with Gasteiger partial charge in [-0.2, -0.15) is 0 Å². The van der Waals surface area contributed by atoms with Gasteiger partial charge in [0, 0.05) is 23.5 Å². The van der Waals surface area contributed by atoms with E-state index in [1.807, 2.05) is 24.3 Å². The number of hydrogen-bond donors (Lipinski definition) is 1. The van der Waals surface area contributed by atoms with Gasteiger partial charge >= 0.3 is 0 Å². The third kappa shape index (κ3) is 4.71. The van der Waals surface area contributed by atoms with Crippen LogP contribution in [0.25, 0.3) is 11.3 Å². The third-order valence-corrected chi connectivity index (χ3v) is 6.50. The molecule has 2 heterocycles. The predicted molar refractivity (Wildman–Crippen MR) is 122 cm³/mol. The summed E-state index contributed by atoms with van der Waals surface area (Å²) in [7, 11) is 1.69. The molecule has 1 N–H and O–H groups in total. The standard InChI is InChI=1S/C26H32N2O3/c1-18-11-12-21(30-3)14-23(18)25-15-24(26(29)27-16-22-10-7-13-31-22)19(2)28(25)17-20-8-5-4-6-9-20/h7,10-15,20H,4-6,8-9,16-17H2,1-3H3,(H,27,29). The predicted octanol–water partition coefficient (Wildman–Crippen LogP) is 5.88. The lowest BCUT2D eigenvalue weighted by Crippen LogP contribution is -2.23. The largest absolute Gasteiger partial charge is 0.497 e. The fourth-order valence-electron chi connectivity index (χ4n) is 4.64. The smallest absolute Gasteiger partial charge is 0.253 e. The maximum atomic E-state index is 13.1. The topological polar surface area (TPSA) is 56.4 Å². The van der Waals surface area contributed by atoms with Crippen LogP contribution in [0.15, 0.2) is 47.1 Å². The Morgan fingerprint density at radius 3 is 2.68 bits per heavy atom. The van der Waals surface area contributed by atoms with Gasteiger partial charge < -0.3 is 19.0 Å². The van der Waals surface area contributed by atoms with Gasteiger partial charge in [0.25, 0.3) is 5.91 Å². The van der Waals surface area contributed by atoms with Crippen LogP contribution >= 0.6 is 0 Å². The molecule has 5 heteroatoms. The summed E-state index contributed by atoms with van der Waals surface area (Å²) in [5, 5.41) is 3.00. The molecular weight excluding hydrogens is 388 g/mol. The van der Waals surface area contributed by atoms with Gasteiger partial charge in [-0.1, -0.05) is 25.3 Å². The van der Waals surface area contributed by atoms with Gasteiger partial charge in [0.2, 0.25) is 0 Å². The first-order valence-corrected chi connectivity index (χ1v) is 11.2. The molecule has 1 amide bonds. The van der Waals surface area contributed by atoms with Crippen molar-refractivity contribution in [2.24, 2.45) is 5.92 Å². The lowest BCUT2D eigenvalue weighted by atomic mass is 9.89. The lowest BCUT2D eigenvalue weighted by Gasteiger charge is -2.24. The van der Waals surface area contributed by atoms with Crippen LogP contribution in [0.2, 0.25) is 0 Å². The van der Waals surface area contributed by atoms with Crippen molar-refractivity contribution in [3.05, 3.63) is 65.2 Å². The van der Waals surface area contributed by atoms with Gasteiger partial charge in [-0.3, -0.25) is 4.79 Å². The van der Waals surface area contributed by atoms with Gasteiger partial charge in [-0.05, 0) is 68.5 Å². The van der Waals surface area contributed by atoms with Crippen LogP contribution < -0.4 is 10.1 Å². The van der Waals surface area contributed by atoms with E-state index in [9.17, 15) is 4.79 Å². The quantitative estimate of drug-likeness (QED) is 0.519. The molecule has 4 rings (SSSR count). The van der Waals surface area contributed by atoms with Crippen LogP contribution in [0.3, 0.4) is 0 Å². The Labute approximate surface area is 184 Å². The van der Waals surface area contributed by atoms with E-state index >= 15 is 0 Å². The van der Waals surface area contributed by atoms with Gasteiger partial charge in [-0.25, -0.2) is 0 Å². The van der Waals surface area contributed by atoms with E-state index in [4.69, 9.17) is 9.15 Å². The molecule has 5 nitrogen and oxygen atoms in total. The van der Waals surface area contributed by atoms with E-state index in [-0.39, 0.29) is 5.91 Å². The van der Waals surface area contributed by atoms with Crippen molar-refractivity contribution >= 4 is 5.91 Å². The summed E-state index contributed by atoms with van der Waals surface area (Å²) in [6.45, 7) is 5.50. The lowest BCUT2D eigenvalue weighted by molar-refractivity contribution is 0.0947. The Balaban J connectivity index is 1.69. The number of nitrogens with one attached hydrogen (secondary N) is 1. The van der Waals surface area contributed by atoms with Crippen LogP contribution in [0, 0.1) is 19.8 Å². The van der Waals surface area contributed by atoms with E-state index in [2.05, 4.69) is 35.9 Å². The molecule has 2 aromatic heterocycles. The maximum absolute atomic E-state index is 13.1. The molecule has 1 aliphatic carbocycles. The van der Waals surface area contributed by atoms with Crippen LogP contribution in [-0.4, -0.2) is 17.6 Å². The molecule has 1 fully saturated rings. The highest BCUT2D eigenvalue weighted by molar-refractivity contribution is 5.97. The number of methoxy groups -OCH3 is 1. The van der Waals surface area contributed by atoms with Crippen LogP contribution in [0.1, 0.15) is 59.5 Å². The van der Waals surface area contributed by atoms with Gasteiger partial charge in [0.15, 0.2) is 0 Å². The molecule has 31 heavy (non-hydrogen) atoms. The van der Waals surface area contributed by atoms with Gasteiger partial charge in [0.1, 0.15) is 11.5 Å². The maximum Gasteiger partial charge on any atom is 0.253 e. The fraction of sp³-hybridized carbons (Fsp3) is 0.423. The molecule has 0 saturated heterocycles. The highest BCUT2D eigenvalue weighted by Crippen LogP contribution is 2.34. The van der Waals surface area contributed by atoms with Crippen molar-refractivity contribution in [1.29, 1.82) is 0 Å². The zero-order chi connectivity index (χ0) is 21.8. The molecule has 3 aromatic rings. The molecule has 0 radical (unpaired) electrons. The highest BCUT2D eigenvalue weighted by Gasteiger charge is 2.23. The number of benzene rings is 1. The zero-order valence-electron chi connectivity index (χ0n) is 18.7. The van der Waals surface area contributed by atoms with E-state index in [1.165, 1.54) is 37.7 Å². The molecule has 1 aromatic carbocycles. The number of amides is 1. The number of nitrogens with zero attached hydrogens (tertiary/aromatic N) is 1. The van der Waals surface area contributed by atoms with E-state index < -0.39 is 0 Å². The molecule has 1 saturated carbocycles. The minimum atomic E-state index is -0.0712. The van der Waals surface area contributed by atoms with Crippen LogP contribution in [-0.2, 0) is 13.1 Å². The summed E-state index contributed by atoms with van der Waals surface area (Å²) in [6.07, 6.45) is 8.08. The second-order valence-corrected chi connectivity index (χ2v) is 8.59. The summed E-state index contributed by atoms with van der Waals surface area (Å²) in [5.74, 6) is 2.16. The Kier molecular flexibility index (Phi) is 6.50. The molecule has 1 aliphatic rings. The number of carbonyl (C=O) groups is 1. The first kappa shape index (κ1) is 21.3. The highest BCUT2D eigenvalue weighted by atomic mass is 16.5. The second kappa shape index (κ2) is 9.46. The van der Waals surface area contributed by atoms with E-state index in [1.54, 1.807) is 13.4 Å². The fourth-order valence-corrected chi connectivity index (χ4v) is 4.64. The molecular formula is C26H32N2O3. The molecule has 0 spiro atoms. The second-order valence-electron chi connectivity index (χ2n) is 8.59. The van der Waals surface area contributed by atoms with Crippen molar-refractivity contribution in [1.82, 2.24) is 9.88 Å². The number of aryl methyl sites for hydroxylation is 1. The Hall–Kier alpha value is -2.95. The van der Waals surface area contributed by atoms with Crippen LogP contribution in [0.5, 0.6) is 5.75 Å². The Morgan fingerprint density at radius 1 is 1.16 bits per heavy atom. The average Bonchev–Trinajstić information content (AvgIpc) is 3.42. The molecule has 0 unspecified atom stereocenters. The van der Waals surface area contributed by atoms with Crippen molar-refractivity contribution in [3.63, 3.8) is 0 Å².